The predicted molar refractivity (Wildman–Crippen MR) is 153 cm³/mol. The molecule has 39 heavy (non-hydrogen) atoms. The molecule has 0 unspecified atom stereocenters. The highest BCUT2D eigenvalue weighted by molar-refractivity contribution is 5.98. The summed E-state index contributed by atoms with van der Waals surface area (Å²) in [7, 11) is 1.88. The molecule has 8 heteroatoms. The second kappa shape index (κ2) is 10.9. The van der Waals surface area contributed by atoms with Crippen molar-refractivity contribution < 1.29 is 14.6 Å². The number of aryl methyl sites for hydroxylation is 1. The normalized spacial score (nSPS) is 11.2. The Morgan fingerprint density at radius 3 is 2.54 bits per heavy atom. The summed E-state index contributed by atoms with van der Waals surface area (Å²) in [4.78, 5) is 27.1. The summed E-state index contributed by atoms with van der Waals surface area (Å²) >= 11 is 0. The number of carbonyl (C=O) groups is 1. The monoisotopic (exact) mass is 519 g/mol. The SMILES string of the molecule is C#CCOc1ccc2nc(-c3nc4ccc(C(=O)NCCO)cc4n3C)nc(-c3ccc(C(C)C)cc3)c2c1. The Kier molecular flexibility index (Phi) is 7.26. The van der Waals surface area contributed by atoms with Gasteiger partial charge in [0.2, 0.25) is 0 Å². The van der Waals surface area contributed by atoms with Crippen LogP contribution in [0.1, 0.15) is 35.7 Å². The minimum atomic E-state index is -0.259. The minimum Gasteiger partial charge on any atom is -0.481 e. The number of carbonyl (C=O) groups excluding carboxylic acids is 1. The van der Waals surface area contributed by atoms with Gasteiger partial charge in [0.15, 0.2) is 11.6 Å². The molecule has 0 aliphatic heterocycles. The van der Waals surface area contributed by atoms with Gasteiger partial charge in [-0.1, -0.05) is 44.0 Å². The highest BCUT2D eigenvalue weighted by Crippen LogP contribution is 2.33. The molecular weight excluding hydrogens is 490 g/mol. The van der Waals surface area contributed by atoms with Gasteiger partial charge in [-0.15, -0.1) is 6.42 Å². The van der Waals surface area contributed by atoms with Gasteiger partial charge in [-0.25, -0.2) is 15.0 Å². The van der Waals surface area contributed by atoms with Gasteiger partial charge in [-0.05, 0) is 47.9 Å². The van der Waals surface area contributed by atoms with Gasteiger partial charge in [0.25, 0.3) is 5.91 Å². The molecular formula is C31H29N5O3. The number of imidazole rings is 1. The molecule has 0 bridgehead atoms. The van der Waals surface area contributed by atoms with Crippen LogP contribution < -0.4 is 10.1 Å². The fourth-order valence-electron chi connectivity index (χ4n) is 4.47. The molecule has 5 aromatic rings. The van der Waals surface area contributed by atoms with Crippen molar-refractivity contribution in [1.29, 1.82) is 0 Å². The lowest BCUT2D eigenvalue weighted by molar-refractivity contribution is 0.0945. The quantitative estimate of drug-likeness (QED) is 0.288. The molecule has 196 valence electrons. The van der Waals surface area contributed by atoms with E-state index in [1.165, 1.54) is 5.56 Å². The topological polar surface area (TPSA) is 102 Å². The van der Waals surface area contributed by atoms with E-state index in [-0.39, 0.29) is 25.7 Å². The number of nitrogens with zero attached hydrogens (tertiary/aromatic N) is 4. The molecule has 0 fully saturated rings. The highest BCUT2D eigenvalue weighted by atomic mass is 16.5. The van der Waals surface area contributed by atoms with Crippen LogP contribution in [0.3, 0.4) is 0 Å². The molecule has 2 aromatic heterocycles. The Hall–Kier alpha value is -4.74. The number of amides is 1. The van der Waals surface area contributed by atoms with Gasteiger partial charge in [0.1, 0.15) is 12.4 Å². The van der Waals surface area contributed by atoms with E-state index in [9.17, 15) is 4.79 Å². The summed E-state index contributed by atoms with van der Waals surface area (Å²) in [5, 5.41) is 12.5. The molecule has 2 N–H and O–H groups in total. The first kappa shape index (κ1) is 25.9. The predicted octanol–water partition coefficient (Wildman–Crippen LogP) is 4.71. The molecule has 0 radical (unpaired) electrons. The molecule has 0 saturated heterocycles. The van der Waals surface area contributed by atoms with Gasteiger partial charge >= 0.3 is 0 Å². The van der Waals surface area contributed by atoms with Crippen LogP contribution in [0, 0.1) is 12.3 Å². The fraction of sp³-hybridized carbons (Fsp3) is 0.226. The van der Waals surface area contributed by atoms with Gasteiger partial charge < -0.3 is 19.7 Å². The van der Waals surface area contributed by atoms with Gasteiger partial charge in [0.05, 0.1) is 28.9 Å². The van der Waals surface area contributed by atoms with Crippen molar-refractivity contribution in [3.05, 3.63) is 71.8 Å². The van der Waals surface area contributed by atoms with Gasteiger partial charge in [0, 0.05) is 30.1 Å². The number of ether oxygens (including phenoxy) is 1. The lowest BCUT2D eigenvalue weighted by Gasteiger charge is -2.12. The summed E-state index contributed by atoms with van der Waals surface area (Å²) in [6.07, 6.45) is 5.38. The smallest absolute Gasteiger partial charge is 0.251 e. The molecule has 0 aliphatic carbocycles. The molecule has 0 aliphatic rings. The molecule has 0 spiro atoms. The Morgan fingerprint density at radius 2 is 1.82 bits per heavy atom. The zero-order valence-electron chi connectivity index (χ0n) is 22.1. The summed E-state index contributed by atoms with van der Waals surface area (Å²) in [6, 6.07) is 19.3. The fourth-order valence-corrected chi connectivity index (χ4v) is 4.47. The minimum absolute atomic E-state index is 0.122. The lowest BCUT2D eigenvalue weighted by Crippen LogP contribution is -2.26. The van der Waals surface area contributed by atoms with Crippen LogP contribution in [-0.4, -0.2) is 50.3 Å². The molecule has 0 saturated carbocycles. The average Bonchev–Trinajstić information content (AvgIpc) is 3.29. The second-order valence-corrected chi connectivity index (χ2v) is 9.52. The van der Waals surface area contributed by atoms with Crippen LogP contribution in [0.5, 0.6) is 5.75 Å². The maximum Gasteiger partial charge on any atom is 0.251 e. The zero-order valence-corrected chi connectivity index (χ0v) is 22.1. The number of terminal acetylenes is 1. The number of aliphatic hydroxyl groups is 1. The number of rotatable bonds is 8. The van der Waals surface area contributed by atoms with Crippen molar-refractivity contribution in [2.24, 2.45) is 7.05 Å². The average molecular weight is 520 g/mol. The Balaban J connectivity index is 1.65. The van der Waals surface area contributed by atoms with Crippen molar-refractivity contribution in [1.82, 2.24) is 24.8 Å². The summed E-state index contributed by atoms with van der Waals surface area (Å²) < 4.78 is 7.56. The Bertz CT molecular complexity index is 1720. The molecule has 0 atom stereocenters. The Morgan fingerprint density at radius 1 is 1.05 bits per heavy atom. The van der Waals surface area contributed by atoms with Crippen LogP contribution >= 0.6 is 0 Å². The van der Waals surface area contributed by atoms with Gasteiger partial charge in [-0.3, -0.25) is 4.79 Å². The first-order valence-corrected chi connectivity index (χ1v) is 12.7. The largest absolute Gasteiger partial charge is 0.481 e. The van der Waals surface area contributed by atoms with E-state index >= 15 is 0 Å². The molecule has 5 rings (SSSR count). The number of nitrogens with one attached hydrogen (secondary N) is 1. The van der Waals surface area contributed by atoms with Crippen molar-refractivity contribution >= 4 is 27.8 Å². The first-order valence-electron chi connectivity index (χ1n) is 12.7. The lowest BCUT2D eigenvalue weighted by atomic mass is 9.99. The molecule has 3 aromatic carbocycles. The van der Waals surface area contributed by atoms with Crippen molar-refractivity contribution in [2.75, 3.05) is 19.8 Å². The van der Waals surface area contributed by atoms with Crippen molar-refractivity contribution in [3.63, 3.8) is 0 Å². The van der Waals surface area contributed by atoms with Gasteiger partial charge in [-0.2, -0.15) is 0 Å². The van der Waals surface area contributed by atoms with E-state index in [0.717, 1.165) is 33.2 Å². The third-order valence-electron chi connectivity index (χ3n) is 6.58. The number of fused-ring (bicyclic) bond motifs is 2. The maximum absolute atomic E-state index is 12.4. The van der Waals surface area contributed by atoms with Crippen LogP contribution in [0.25, 0.3) is 44.8 Å². The number of hydrogen-bond acceptors (Lipinski definition) is 6. The van der Waals surface area contributed by atoms with Crippen LogP contribution in [0.15, 0.2) is 60.7 Å². The number of aromatic nitrogens is 4. The first-order chi connectivity index (χ1) is 18.9. The van der Waals surface area contributed by atoms with E-state index in [1.807, 2.05) is 29.8 Å². The molecule has 8 nitrogen and oxygen atoms in total. The highest BCUT2D eigenvalue weighted by Gasteiger charge is 2.18. The van der Waals surface area contributed by atoms with Crippen molar-refractivity contribution in [3.8, 4) is 41.0 Å². The van der Waals surface area contributed by atoms with E-state index in [1.54, 1.807) is 18.2 Å². The third kappa shape index (κ3) is 5.17. The number of benzene rings is 3. The van der Waals surface area contributed by atoms with Crippen LogP contribution in [-0.2, 0) is 7.05 Å². The zero-order chi connectivity index (χ0) is 27.5. The number of aliphatic hydroxyl groups excluding tert-OH is 1. The van der Waals surface area contributed by atoms with Crippen LogP contribution in [0.4, 0.5) is 0 Å². The van der Waals surface area contributed by atoms with E-state index in [4.69, 9.17) is 31.2 Å². The van der Waals surface area contributed by atoms with E-state index in [2.05, 4.69) is 49.4 Å². The van der Waals surface area contributed by atoms with Crippen molar-refractivity contribution in [2.45, 2.75) is 19.8 Å². The molecule has 1 amide bonds. The number of hydrogen-bond donors (Lipinski definition) is 2. The summed E-state index contributed by atoms with van der Waals surface area (Å²) in [6.45, 7) is 4.56. The van der Waals surface area contributed by atoms with E-state index in [0.29, 0.717) is 28.9 Å². The van der Waals surface area contributed by atoms with E-state index < -0.39 is 0 Å². The Labute approximate surface area is 226 Å². The maximum atomic E-state index is 12.4. The molecule has 2 heterocycles. The second-order valence-electron chi connectivity index (χ2n) is 9.52. The summed E-state index contributed by atoms with van der Waals surface area (Å²) in [5.41, 5.74) is 5.66. The third-order valence-corrected chi connectivity index (χ3v) is 6.58. The standard InChI is InChI=1S/C31H29N5O3/c1-5-16-39-23-11-13-25-24(18-23)28(21-8-6-20(7-9-21)19(2)3)35-29(33-25)30-34-26-12-10-22(17-27(26)36(30)4)31(38)32-14-15-37/h1,6-13,17-19,37H,14-16H2,2-4H3,(H,32,38). The summed E-state index contributed by atoms with van der Waals surface area (Å²) in [5.74, 6) is 4.34. The van der Waals surface area contributed by atoms with Crippen LogP contribution in [0.2, 0.25) is 0 Å².